The standard InChI is InChI=1S/C15H17ClN2O2/c1-2-20-15(19)12-4-3-7-18(10-12)14-8-13(16)6-5-11(14)9-17/h5-6,8,12H,2-4,7,10H2,1H3. The van der Waals surface area contributed by atoms with Crippen molar-refractivity contribution in [1.82, 2.24) is 0 Å². The molecule has 1 aromatic rings. The van der Waals surface area contributed by atoms with E-state index < -0.39 is 0 Å². The summed E-state index contributed by atoms with van der Waals surface area (Å²) in [6.07, 6.45) is 1.73. The smallest absolute Gasteiger partial charge is 0.310 e. The largest absolute Gasteiger partial charge is 0.466 e. The number of piperidine rings is 1. The molecule has 0 N–H and O–H groups in total. The maximum atomic E-state index is 11.9. The molecule has 0 amide bonds. The third-order valence-corrected chi connectivity index (χ3v) is 3.70. The molecular formula is C15H17ClN2O2. The summed E-state index contributed by atoms with van der Waals surface area (Å²) in [4.78, 5) is 13.9. The zero-order valence-electron chi connectivity index (χ0n) is 11.4. The fourth-order valence-electron chi connectivity index (χ4n) is 2.51. The Morgan fingerprint density at radius 3 is 3.10 bits per heavy atom. The van der Waals surface area contributed by atoms with E-state index in [0.717, 1.165) is 25.1 Å². The topological polar surface area (TPSA) is 53.3 Å². The minimum absolute atomic E-state index is 0.130. The molecule has 20 heavy (non-hydrogen) atoms. The van der Waals surface area contributed by atoms with E-state index in [2.05, 4.69) is 11.0 Å². The Morgan fingerprint density at radius 1 is 1.60 bits per heavy atom. The first-order valence-electron chi connectivity index (χ1n) is 6.77. The summed E-state index contributed by atoms with van der Waals surface area (Å²) in [7, 11) is 0. The monoisotopic (exact) mass is 292 g/mol. The van der Waals surface area contributed by atoms with Gasteiger partial charge in [-0.3, -0.25) is 4.79 Å². The first-order chi connectivity index (χ1) is 9.65. The van der Waals surface area contributed by atoms with E-state index in [1.807, 2.05) is 6.92 Å². The lowest BCUT2D eigenvalue weighted by atomic mass is 9.97. The van der Waals surface area contributed by atoms with Crippen molar-refractivity contribution in [1.29, 1.82) is 5.26 Å². The molecular weight excluding hydrogens is 276 g/mol. The molecule has 0 bridgehead atoms. The van der Waals surface area contributed by atoms with Crippen molar-refractivity contribution in [3.63, 3.8) is 0 Å². The molecule has 4 nitrogen and oxygen atoms in total. The van der Waals surface area contributed by atoms with E-state index in [9.17, 15) is 10.1 Å². The van der Waals surface area contributed by atoms with Gasteiger partial charge < -0.3 is 9.64 Å². The van der Waals surface area contributed by atoms with Crippen molar-refractivity contribution in [3.8, 4) is 6.07 Å². The Labute approximate surface area is 123 Å². The van der Waals surface area contributed by atoms with Gasteiger partial charge in [0, 0.05) is 18.1 Å². The number of rotatable bonds is 3. The molecule has 0 aromatic heterocycles. The molecule has 0 saturated carbocycles. The van der Waals surface area contributed by atoms with Crippen molar-refractivity contribution in [2.24, 2.45) is 5.92 Å². The molecule has 1 unspecified atom stereocenters. The number of halogens is 1. The predicted octanol–water partition coefficient (Wildman–Crippen LogP) is 2.99. The summed E-state index contributed by atoms with van der Waals surface area (Å²) in [6.45, 7) is 3.61. The van der Waals surface area contributed by atoms with Crippen LogP contribution in [0.15, 0.2) is 18.2 Å². The number of hydrogen-bond acceptors (Lipinski definition) is 4. The number of benzene rings is 1. The molecule has 106 valence electrons. The molecule has 5 heteroatoms. The van der Waals surface area contributed by atoms with Crippen LogP contribution in [0.1, 0.15) is 25.3 Å². The normalized spacial score (nSPS) is 18.4. The van der Waals surface area contributed by atoms with Crippen molar-refractivity contribution in [3.05, 3.63) is 28.8 Å². The van der Waals surface area contributed by atoms with Gasteiger partial charge in [0.1, 0.15) is 6.07 Å². The van der Waals surface area contributed by atoms with Crippen molar-refractivity contribution in [2.75, 3.05) is 24.6 Å². The summed E-state index contributed by atoms with van der Waals surface area (Å²) < 4.78 is 5.09. The average molecular weight is 293 g/mol. The molecule has 0 radical (unpaired) electrons. The number of ether oxygens (including phenoxy) is 1. The molecule has 1 fully saturated rings. The Hall–Kier alpha value is -1.73. The highest BCUT2D eigenvalue weighted by Gasteiger charge is 2.28. The van der Waals surface area contributed by atoms with Gasteiger partial charge in [0.25, 0.3) is 0 Å². The molecule has 0 spiro atoms. The first kappa shape index (κ1) is 14.7. The summed E-state index contributed by atoms with van der Waals surface area (Å²) in [5.74, 6) is -0.285. The second-order valence-corrected chi connectivity index (χ2v) is 5.25. The Bertz CT molecular complexity index is 539. The Morgan fingerprint density at radius 2 is 2.40 bits per heavy atom. The molecule has 1 atom stereocenters. The van der Waals surface area contributed by atoms with Crippen LogP contribution in [0, 0.1) is 17.2 Å². The van der Waals surface area contributed by atoms with Gasteiger partial charge in [-0.2, -0.15) is 5.26 Å². The highest BCUT2D eigenvalue weighted by Crippen LogP contribution is 2.29. The van der Waals surface area contributed by atoms with E-state index in [0.29, 0.717) is 23.7 Å². The number of hydrogen-bond donors (Lipinski definition) is 0. The highest BCUT2D eigenvalue weighted by atomic mass is 35.5. The molecule has 1 aliphatic rings. The number of carbonyl (C=O) groups is 1. The molecule has 1 heterocycles. The summed E-state index contributed by atoms with van der Waals surface area (Å²) in [5.41, 5.74) is 1.38. The van der Waals surface area contributed by atoms with E-state index in [4.69, 9.17) is 16.3 Å². The van der Waals surface area contributed by atoms with Gasteiger partial charge in [-0.25, -0.2) is 0 Å². The van der Waals surface area contributed by atoms with Gasteiger partial charge in [-0.1, -0.05) is 11.6 Å². The third kappa shape index (κ3) is 3.23. The van der Waals surface area contributed by atoms with Crippen LogP contribution >= 0.6 is 11.6 Å². The number of nitriles is 1. The molecule has 1 aliphatic heterocycles. The van der Waals surface area contributed by atoms with Crippen LogP contribution in [-0.4, -0.2) is 25.7 Å². The minimum atomic E-state index is -0.155. The molecule has 0 aliphatic carbocycles. The van der Waals surface area contributed by atoms with Crippen molar-refractivity contribution in [2.45, 2.75) is 19.8 Å². The summed E-state index contributed by atoms with van der Waals surface area (Å²) in [6, 6.07) is 7.38. The lowest BCUT2D eigenvalue weighted by molar-refractivity contribution is -0.148. The fourth-order valence-corrected chi connectivity index (χ4v) is 2.68. The van der Waals surface area contributed by atoms with Crippen LogP contribution in [-0.2, 0) is 9.53 Å². The summed E-state index contributed by atoms with van der Waals surface area (Å²) >= 11 is 6.01. The third-order valence-electron chi connectivity index (χ3n) is 3.46. The van der Waals surface area contributed by atoms with Crippen LogP contribution in [0.4, 0.5) is 5.69 Å². The second kappa shape index (κ2) is 6.62. The number of carbonyl (C=O) groups excluding carboxylic acids is 1. The van der Waals surface area contributed by atoms with E-state index in [1.54, 1.807) is 18.2 Å². The van der Waals surface area contributed by atoms with Crippen molar-refractivity contribution >= 4 is 23.3 Å². The molecule has 2 rings (SSSR count). The number of esters is 1. The zero-order valence-corrected chi connectivity index (χ0v) is 12.2. The van der Waals surface area contributed by atoms with Crippen LogP contribution in [0.3, 0.4) is 0 Å². The van der Waals surface area contributed by atoms with Gasteiger partial charge in [0.15, 0.2) is 0 Å². The SMILES string of the molecule is CCOC(=O)C1CCCN(c2cc(Cl)ccc2C#N)C1. The maximum absolute atomic E-state index is 11.9. The number of anilines is 1. The fraction of sp³-hybridized carbons (Fsp3) is 0.467. The van der Waals surface area contributed by atoms with Crippen molar-refractivity contribution < 1.29 is 9.53 Å². The van der Waals surface area contributed by atoms with Gasteiger partial charge in [0.05, 0.1) is 23.8 Å². The zero-order chi connectivity index (χ0) is 14.5. The first-order valence-corrected chi connectivity index (χ1v) is 7.14. The van der Waals surface area contributed by atoms with Crippen LogP contribution in [0.25, 0.3) is 0 Å². The Kier molecular flexibility index (Phi) is 4.86. The van der Waals surface area contributed by atoms with Crippen LogP contribution in [0.2, 0.25) is 5.02 Å². The average Bonchev–Trinajstić information content (AvgIpc) is 2.47. The van der Waals surface area contributed by atoms with Crippen LogP contribution < -0.4 is 4.90 Å². The molecule has 1 saturated heterocycles. The second-order valence-electron chi connectivity index (χ2n) is 4.81. The van der Waals surface area contributed by atoms with Gasteiger partial charge in [0.2, 0.25) is 0 Å². The predicted molar refractivity (Wildman–Crippen MR) is 77.7 cm³/mol. The van der Waals surface area contributed by atoms with Crippen LogP contribution in [0.5, 0.6) is 0 Å². The lowest BCUT2D eigenvalue weighted by Gasteiger charge is -2.33. The Balaban J connectivity index is 2.19. The van der Waals surface area contributed by atoms with E-state index in [-0.39, 0.29) is 11.9 Å². The molecule has 1 aromatic carbocycles. The van der Waals surface area contributed by atoms with Gasteiger partial charge in [-0.05, 0) is 38.0 Å². The van der Waals surface area contributed by atoms with E-state index >= 15 is 0 Å². The lowest BCUT2D eigenvalue weighted by Crippen LogP contribution is -2.39. The van der Waals surface area contributed by atoms with Gasteiger partial charge >= 0.3 is 5.97 Å². The maximum Gasteiger partial charge on any atom is 0.310 e. The number of nitrogens with zero attached hydrogens (tertiary/aromatic N) is 2. The summed E-state index contributed by atoms with van der Waals surface area (Å²) in [5, 5.41) is 9.78. The highest BCUT2D eigenvalue weighted by molar-refractivity contribution is 6.30. The minimum Gasteiger partial charge on any atom is -0.466 e. The van der Waals surface area contributed by atoms with Gasteiger partial charge in [-0.15, -0.1) is 0 Å². The quantitative estimate of drug-likeness (QED) is 0.804. The van der Waals surface area contributed by atoms with E-state index in [1.165, 1.54) is 0 Å².